The summed E-state index contributed by atoms with van der Waals surface area (Å²) in [6.07, 6.45) is 5.67. The van der Waals surface area contributed by atoms with Crippen LogP contribution >= 0.6 is 0 Å². The van der Waals surface area contributed by atoms with E-state index in [0.717, 1.165) is 25.7 Å². The van der Waals surface area contributed by atoms with Crippen LogP contribution in [0.3, 0.4) is 0 Å². The number of sulfonamides is 1. The van der Waals surface area contributed by atoms with Crippen LogP contribution in [0.1, 0.15) is 39.0 Å². The molecule has 1 rings (SSSR count). The zero-order valence-electron chi connectivity index (χ0n) is 9.31. The smallest absolute Gasteiger partial charge is 0.209 e. The highest BCUT2D eigenvalue weighted by Crippen LogP contribution is 2.23. The number of rotatable bonds is 7. The van der Waals surface area contributed by atoms with Gasteiger partial charge in [-0.3, -0.25) is 0 Å². The van der Waals surface area contributed by atoms with Crippen molar-refractivity contribution in [2.45, 2.75) is 45.1 Å². The van der Waals surface area contributed by atoms with Gasteiger partial charge in [0.15, 0.2) is 0 Å². The minimum Gasteiger partial charge on any atom is -0.378 e. The molecule has 4 nitrogen and oxygen atoms in total. The summed E-state index contributed by atoms with van der Waals surface area (Å²) in [6, 6.07) is 0. The van der Waals surface area contributed by atoms with E-state index in [0.29, 0.717) is 12.7 Å². The molecule has 90 valence electrons. The first-order valence-corrected chi connectivity index (χ1v) is 7.35. The Morgan fingerprint density at radius 1 is 1.47 bits per heavy atom. The van der Waals surface area contributed by atoms with Crippen molar-refractivity contribution in [2.75, 3.05) is 12.4 Å². The number of nitrogens with two attached hydrogens (primary N) is 1. The summed E-state index contributed by atoms with van der Waals surface area (Å²) in [5.41, 5.74) is 0. The molecule has 0 aromatic heterocycles. The molecule has 1 aliphatic carbocycles. The third kappa shape index (κ3) is 5.49. The second-order valence-corrected chi connectivity index (χ2v) is 6.03. The van der Waals surface area contributed by atoms with E-state index in [2.05, 4.69) is 0 Å². The predicted octanol–water partition coefficient (Wildman–Crippen LogP) is 1.26. The Morgan fingerprint density at radius 2 is 2.13 bits per heavy atom. The van der Waals surface area contributed by atoms with Crippen LogP contribution in [0.25, 0.3) is 0 Å². The van der Waals surface area contributed by atoms with Crippen molar-refractivity contribution in [3.63, 3.8) is 0 Å². The third-order valence-corrected chi connectivity index (χ3v) is 3.72. The summed E-state index contributed by atoms with van der Waals surface area (Å²) >= 11 is 0. The molecule has 0 saturated heterocycles. The second kappa shape index (κ2) is 5.82. The first kappa shape index (κ1) is 12.9. The van der Waals surface area contributed by atoms with Gasteiger partial charge in [-0.05, 0) is 31.6 Å². The lowest BCUT2D eigenvalue weighted by atomic mass is 9.96. The molecule has 2 N–H and O–H groups in total. The minimum absolute atomic E-state index is 0.0492. The van der Waals surface area contributed by atoms with Crippen molar-refractivity contribution in [2.24, 2.45) is 11.1 Å². The van der Waals surface area contributed by atoms with Crippen molar-refractivity contribution in [3.05, 3.63) is 0 Å². The maximum Gasteiger partial charge on any atom is 0.209 e. The Labute approximate surface area is 92.2 Å². The number of hydrogen-bond donors (Lipinski definition) is 1. The van der Waals surface area contributed by atoms with E-state index in [4.69, 9.17) is 9.88 Å². The molecule has 1 saturated carbocycles. The van der Waals surface area contributed by atoms with Gasteiger partial charge in [0, 0.05) is 0 Å². The van der Waals surface area contributed by atoms with E-state index in [1.54, 1.807) is 0 Å². The van der Waals surface area contributed by atoms with Crippen molar-refractivity contribution in [1.29, 1.82) is 0 Å². The largest absolute Gasteiger partial charge is 0.378 e. The molecule has 1 unspecified atom stereocenters. The molecule has 15 heavy (non-hydrogen) atoms. The first-order valence-electron chi connectivity index (χ1n) is 5.63. The van der Waals surface area contributed by atoms with Crippen LogP contribution in [0.5, 0.6) is 0 Å². The molecular formula is C10H21NO3S. The van der Waals surface area contributed by atoms with Gasteiger partial charge in [0.2, 0.25) is 10.0 Å². The molecule has 1 atom stereocenters. The fourth-order valence-corrected chi connectivity index (χ4v) is 2.68. The zero-order chi connectivity index (χ0) is 11.3. The lowest BCUT2D eigenvalue weighted by molar-refractivity contribution is -0.0138. The van der Waals surface area contributed by atoms with Crippen LogP contribution in [0.2, 0.25) is 0 Å². The highest BCUT2D eigenvalue weighted by molar-refractivity contribution is 7.89. The molecule has 0 radical (unpaired) electrons. The van der Waals surface area contributed by atoms with Gasteiger partial charge in [-0.25, -0.2) is 13.6 Å². The van der Waals surface area contributed by atoms with Crippen molar-refractivity contribution < 1.29 is 13.2 Å². The number of primary sulfonamides is 1. The van der Waals surface area contributed by atoms with Crippen LogP contribution in [0, 0.1) is 5.92 Å². The maximum absolute atomic E-state index is 11.0. The fraction of sp³-hybridized carbons (Fsp3) is 1.00. The van der Waals surface area contributed by atoms with Gasteiger partial charge in [0.25, 0.3) is 0 Å². The van der Waals surface area contributed by atoms with E-state index in [1.165, 1.54) is 6.42 Å². The van der Waals surface area contributed by atoms with Gasteiger partial charge in [0.1, 0.15) is 0 Å². The molecule has 0 aromatic carbocycles. The molecule has 1 fully saturated rings. The van der Waals surface area contributed by atoms with Crippen molar-refractivity contribution >= 4 is 10.0 Å². The number of ether oxygens (including phenoxy) is 1. The highest BCUT2D eigenvalue weighted by atomic mass is 32.2. The number of hydrogen-bond acceptors (Lipinski definition) is 3. The Balaban J connectivity index is 2.28. The normalized spacial score (nSPS) is 19.9. The molecule has 0 aromatic rings. The van der Waals surface area contributed by atoms with Gasteiger partial charge in [-0.2, -0.15) is 0 Å². The summed E-state index contributed by atoms with van der Waals surface area (Å²) in [4.78, 5) is 0. The van der Waals surface area contributed by atoms with Gasteiger partial charge in [-0.15, -0.1) is 0 Å². The van der Waals surface area contributed by atoms with Gasteiger partial charge < -0.3 is 4.74 Å². The average molecular weight is 235 g/mol. The van der Waals surface area contributed by atoms with E-state index in [-0.39, 0.29) is 11.7 Å². The maximum atomic E-state index is 11.0. The molecule has 0 spiro atoms. The van der Waals surface area contributed by atoms with Gasteiger partial charge in [0.05, 0.1) is 18.5 Å². The Hall–Kier alpha value is -0.130. The summed E-state index contributed by atoms with van der Waals surface area (Å²) in [5, 5.41) is 5.04. The standard InChI is InChI=1S/C10H21NO3S/c1-2-4-9(8-15(11,12)13)7-14-10-5-3-6-10/h9-10H,2-8H2,1H3,(H2,11,12,13). The molecule has 0 amide bonds. The van der Waals surface area contributed by atoms with Gasteiger partial charge >= 0.3 is 0 Å². The van der Waals surface area contributed by atoms with Crippen LogP contribution in [-0.4, -0.2) is 26.9 Å². The summed E-state index contributed by atoms with van der Waals surface area (Å²) < 4.78 is 27.6. The Bertz CT molecular complexity index is 272. The molecule has 5 heteroatoms. The monoisotopic (exact) mass is 235 g/mol. The lowest BCUT2D eigenvalue weighted by Crippen LogP contribution is -2.29. The molecule has 1 aliphatic rings. The predicted molar refractivity (Wildman–Crippen MR) is 60.0 cm³/mol. The summed E-state index contributed by atoms with van der Waals surface area (Å²) in [6.45, 7) is 2.58. The quantitative estimate of drug-likeness (QED) is 0.722. The van der Waals surface area contributed by atoms with Crippen LogP contribution < -0.4 is 5.14 Å². The van der Waals surface area contributed by atoms with Gasteiger partial charge in [-0.1, -0.05) is 13.3 Å². The average Bonchev–Trinajstić information content (AvgIpc) is 1.98. The van der Waals surface area contributed by atoms with Crippen LogP contribution in [-0.2, 0) is 14.8 Å². The molecule has 0 heterocycles. The Kier molecular flexibility index (Phi) is 5.02. The topological polar surface area (TPSA) is 69.4 Å². The van der Waals surface area contributed by atoms with Crippen molar-refractivity contribution in [1.82, 2.24) is 0 Å². The third-order valence-electron chi connectivity index (χ3n) is 2.78. The van der Waals surface area contributed by atoms with E-state index in [1.807, 2.05) is 6.92 Å². The summed E-state index contributed by atoms with van der Waals surface area (Å²) in [5.74, 6) is 0.110. The first-order chi connectivity index (χ1) is 7.01. The minimum atomic E-state index is -3.36. The molecule has 0 aliphatic heterocycles. The van der Waals surface area contributed by atoms with E-state index >= 15 is 0 Å². The van der Waals surface area contributed by atoms with E-state index in [9.17, 15) is 8.42 Å². The van der Waals surface area contributed by atoms with E-state index < -0.39 is 10.0 Å². The molecule has 0 bridgehead atoms. The Morgan fingerprint density at radius 3 is 2.53 bits per heavy atom. The second-order valence-electron chi connectivity index (χ2n) is 4.37. The van der Waals surface area contributed by atoms with Crippen molar-refractivity contribution in [3.8, 4) is 0 Å². The van der Waals surface area contributed by atoms with Crippen LogP contribution in [0.15, 0.2) is 0 Å². The summed E-state index contributed by atoms with van der Waals surface area (Å²) in [7, 11) is -3.36. The lowest BCUT2D eigenvalue weighted by Gasteiger charge is -2.27. The van der Waals surface area contributed by atoms with Crippen LogP contribution in [0.4, 0.5) is 0 Å². The molecular weight excluding hydrogens is 214 g/mol. The SMILES string of the molecule is CCCC(COC1CCC1)CS(N)(=O)=O. The fourth-order valence-electron chi connectivity index (χ4n) is 1.76. The zero-order valence-corrected chi connectivity index (χ0v) is 10.1. The highest BCUT2D eigenvalue weighted by Gasteiger charge is 2.21.